The van der Waals surface area contributed by atoms with Gasteiger partial charge >= 0.3 is 0 Å². The zero-order valence-electron chi connectivity index (χ0n) is 13.4. The van der Waals surface area contributed by atoms with Crippen LogP contribution in [0.25, 0.3) is 0 Å². The second kappa shape index (κ2) is 6.81. The molecular formula is C17H24N2O3. The lowest BCUT2D eigenvalue weighted by molar-refractivity contribution is -0.129. The van der Waals surface area contributed by atoms with Gasteiger partial charge in [-0.25, -0.2) is 0 Å². The number of amides is 2. The summed E-state index contributed by atoms with van der Waals surface area (Å²) in [5.41, 5.74) is 6.29. The highest BCUT2D eigenvalue weighted by Gasteiger charge is 2.35. The van der Waals surface area contributed by atoms with Crippen molar-refractivity contribution in [2.75, 3.05) is 13.1 Å². The van der Waals surface area contributed by atoms with Gasteiger partial charge < -0.3 is 15.4 Å². The van der Waals surface area contributed by atoms with E-state index in [0.29, 0.717) is 19.5 Å². The van der Waals surface area contributed by atoms with E-state index in [0.717, 1.165) is 11.3 Å². The summed E-state index contributed by atoms with van der Waals surface area (Å²) in [5, 5.41) is 0. The Labute approximate surface area is 131 Å². The van der Waals surface area contributed by atoms with Crippen LogP contribution in [0, 0.1) is 11.8 Å². The number of benzene rings is 1. The molecule has 1 aromatic rings. The molecule has 1 fully saturated rings. The van der Waals surface area contributed by atoms with Gasteiger partial charge in [0.25, 0.3) is 0 Å². The maximum atomic E-state index is 12.4. The van der Waals surface area contributed by atoms with Gasteiger partial charge in [0.05, 0.1) is 18.4 Å². The summed E-state index contributed by atoms with van der Waals surface area (Å²) in [6.45, 7) is 6.91. The van der Waals surface area contributed by atoms with Crippen molar-refractivity contribution in [3.63, 3.8) is 0 Å². The Morgan fingerprint density at radius 3 is 2.68 bits per heavy atom. The highest BCUT2D eigenvalue weighted by atomic mass is 16.5. The molecule has 2 amide bonds. The van der Waals surface area contributed by atoms with Crippen molar-refractivity contribution in [1.82, 2.24) is 4.90 Å². The van der Waals surface area contributed by atoms with E-state index in [1.165, 1.54) is 0 Å². The second-order valence-electron chi connectivity index (χ2n) is 6.28. The molecule has 0 saturated carbocycles. The molecular weight excluding hydrogens is 280 g/mol. The second-order valence-corrected chi connectivity index (χ2v) is 6.28. The lowest BCUT2D eigenvalue weighted by atomic mass is 9.98. The first-order valence-corrected chi connectivity index (χ1v) is 7.69. The molecule has 0 aliphatic carbocycles. The molecule has 5 heteroatoms. The first-order chi connectivity index (χ1) is 10.4. The third-order valence-corrected chi connectivity index (χ3v) is 3.96. The highest BCUT2D eigenvalue weighted by molar-refractivity contribution is 5.82. The van der Waals surface area contributed by atoms with E-state index < -0.39 is 0 Å². The van der Waals surface area contributed by atoms with Crippen molar-refractivity contribution in [3.05, 3.63) is 29.8 Å². The average Bonchev–Trinajstić information content (AvgIpc) is 2.80. The van der Waals surface area contributed by atoms with Gasteiger partial charge in [-0.05, 0) is 37.5 Å². The molecule has 1 aliphatic rings. The zero-order valence-corrected chi connectivity index (χ0v) is 13.4. The molecule has 2 rings (SSSR count). The van der Waals surface area contributed by atoms with Crippen LogP contribution in [0.4, 0.5) is 0 Å². The smallest absolute Gasteiger partial charge is 0.227 e. The SMILES string of the molecule is CC(C)Oc1cccc(CC(=O)N2C[C@@H](C)[C@H](C(N)=O)C2)c1. The first kappa shape index (κ1) is 16.3. The minimum atomic E-state index is -0.324. The van der Waals surface area contributed by atoms with E-state index in [-0.39, 0.29) is 29.8 Å². The number of nitrogens with zero attached hydrogens (tertiary/aromatic N) is 1. The number of carbonyl (C=O) groups excluding carboxylic acids is 2. The quantitative estimate of drug-likeness (QED) is 0.898. The topological polar surface area (TPSA) is 72.6 Å². The lowest BCUT2D eigenvalue weighted by Gasteiger charge is -2.16. The Bertz CT molecular complexity index is 557. The predicted molar refractivity (Wildman–Crippen MR) is 84.3 cm³/mol. The van der Waals surface area contributed by atoms with Gasteiger partial charge in [0.15, 0.2) is 0 Å². The van der Waals surface area contributed by atoms with Crippen LogP contribution in [0.1, 0.15) is 26.3 Å². The summed E-state index contributed by atoms with van der Waals surface area (Å²) in [7, 11) is 0. The van der Waals surface area contributed by atoms with Gasteiger partial charge in [0.2, 0.25) is 11.8 Å². The fourth-order valence-corrected chi connectivity index (χ4v) is 2.83. The summed E-state index contributed by atoms with van der Waals surface area (Å²) >= 11 is 0. The van der Waals surface area contributed by atoms with Crippen LogP contribution < -0.4 is 10.5 Å². The van der Waals surface area contributed by atoms with Crippen molar-refractivity contribution in [3.8, 4) is 5.75 Å². The van der Waals surface area contributed by atoms with E-state index in [1.54, 1.807) is 4.90 Å². The van der Waals surface area contributed by atoms with Gasteiger partial charge in [0.1, 0.15) is 5.75 Å². The third kappa shape index (κ3) is 4.00. The summed E-state index contributed by atoms with van der Waals surface area (Å²) < 4.78 is 5.64. The monoisotopic (exact) mass is 304 g/mol. The maximum absolute atomic E-state index is 12.4. The molecule has 2 N–H and O–H groups in total. The van der Waals surface area contributed by atoms with Crippen LogP contribution in [0.2, 0.25) is 0 Å². The molecule has 120 valence electrons. The molecule has 0 spiro atoms. The van der Waals surface area contributed by atoms with Crippen molar-refractivity contribution in [1.29, 1.82) is 0 Å². The molecule has 0 unspecified atom stereocenters. The van der Waals surface area contributed by atoms with E-state index in [2.05, 4.69) is 0 Å². The molecule has 0 aromatic heterocycles. The van der Waals surface area contributed by atoms with Crippen molar-refractivity contribution >= 4 is 11.8 Å². The van der Waals surface area contributed by atoms with Crippen LogP contribution in [0.5, 0.6) is 5.75 Å². The summed E-state index contributed by atoms with van der Waals surface area (Å²) in [4.78, 5) is 25.5. The fraction of sp³-hybridized carbons (Fsp3) is 0.529. The summed E-state index contributed by atoms with van der Waals surface area (Å²) in [5.74, 6) is 0.356. The Hall–Kier alpha value is -2.04. The Kier molecular flexibility index (Phi) is 5.06. The number of ether oxygens (including phenoxy) is 1. The standard InChI is InChI=1S/C17H24N2O3/c1-11(2)22-14-6-4-5-13(7-14)8-16(20)19-9-12(3)15(10-19)17(18)21/h4-7,11-12,15H,8-10H2,1-3H3,(H2,18,21)/t12-,15-/m1/s1. The molecule has 1 aliphatic heterocycles. The minimum Gasteiger partial charge on any atom is -0.491 e. The molecule has 1 aromatic carbocycles. The number of primary amides is 1. The molecule has 5 nitrogen and oxygen atoms in total. The minimum absolute atomic E-state index is 0.0253. The van der Waals surface area contributed by atoms with Crippen LogP contribution in [-0.2, 0) is 16.0 Å². The fourth-order valence-electron chi connectivity index (χ4n) is 2.83. The van der Waals surface area contributed by atoms with Gasteiger partial charge in [-0.3, -0.25) is 9.59 Å². The largest absolute Gasteiger partial charge is 0.491 e. The molecule has 1 saturated heterocycles. The van der Waals surface area contributed by atoms with Crippen LogP contribution in [-0.4, -0.2) is 35.9 Å². The molecule has 22 heavy (non-hydrogen) atoms. The molecule has 0 radical (unpaired) electrons. The lowest BCUT2D eigenvalue weighted by Crippen LogP contribution is -2.32. The molecule has 0 bridgehead atoms. The number of carbonyl (C=O) groups is 2. The van der Waals surface area contributed by atoms with Gasteiger partial charge in [-0.2, -0.15) is 0 Å². The Morgan fingerprint density at radius 1 is 1.36 bits per heavy atom. The van der Waals surface area contributed by atoms with Gasteiger partial charge in [0, 0.05) is 13.1 Å². The van der Waals surface area contributed by atoms with Crippen molar-refractivity contribution < 1.29 is 14.3 Å². The van der Waals surface area contributed by atoms with E-state index in [1.807, 2.05) is 45.0 Å². The van der Waals surface area contributed by atoms with E-state index in [9.17, 15) is 9.59 Å². The average molecular weight is 304 g/mol. The normalized spacial score (nSPS) is 21.2. The maximum Gasteiger partial charge on any atom is 0.227 e. The number of rotatable bonds is 5. The Balaban J connectivity index is 1.99. The van der Waals surface area contributed by atoms with E-state index >= 15 is 0 Å². The number of hydrogen-bond acceptors (Lipinski definition) is 3. The molecule has 1 heterocycles. The van der Waals surface area contributed by atoms with Gasteiger partial charge in [-0.1, -0.05) is 19.1 Å². The number of nitrogens with two attached hydrogens (primary N) is 1. The number of hydrogen-bond donors (Lipinski definition) is 1. The van der Waals surface area contributed by atoms with Crippen molar-refractivity contribution in [2.45, 2.75) is 33.3 Å². The number of likely N-dealkylation sites (tertiary alicyclic amines) is 1. The van der Waals surface area contributed by atoms with Gasteiger partial charge in [-0.15, -0.1) is 0 Å². The highest BCUT2D eigenvalue weighted by Crippen LogP contribution is 2.24. The van der Waals surface area contributed by atoms with Crippen LogP contribution >= 0.6 is 0 Å². The third-order valence-electron chi connectivity index (χ3n) is 3.96. The zero-order chi connectivity index (χ0) is 16.3. The summed E-state index contributed by atoms with van der Waals surface area (Å²) in [6.07, 6.45) is 0.412. The van der Waals surface area contributed by atoms with E-state index in [4.69, 9.17) is 10.5 Å². The predicted octanol–water partition coefficient (Wildman–Crippen LogP) is 1.60. The van der Waals surface area contributed by atoms with Crippen LogP contribution in [0.3, 0.4) is 0 Å². The van der Waals surface area contributed by atoms with Crippen molar-refractivity contribution in [2.24, 2.45) is 17.6 Å². The Morgan fingerprint density at radius 2 is 2.09 bits per heavy atom. The summed E-state index contributed by atoms with van der Waals surface area (Å²) in [6, 6.07) is 7.58. The first-order valence-electron chi connectivity index (χ1n) is 7.69. The van der Waals surface area contributed by atoms with Crippen LogP contribution in [0.15, 0.2) is 24.3 Å². The molecule has 2 atom stereocenters.